The van der Waals surface area contributed by atoms with Crippen molar-refractivity contribution in [1.82, 2.24) is 15.0 Å². The fourth-order valence-electron chi connectivity index (χ4n) is 2.76. The molecule has 0 spiro atoms. The molecule has 1 amide bonds. The molecule has 0 atom stereocenters. The predicted molar refractivity (Wildman–Crippen MR) is 122 cm³/mol. The summed E-state index contributed by atoms with van der Waals surface area (Å²) in [6.45, 7) is 5.99. The number of anilines is 1. The van der Waals surface area contributed by atoms with Crippen molar-refractivity contribution < 1.29 is 9.53 Å². The van der Waals surface area contributed by atoms with Crippen molar-refractivity contribution in [3.8, 4) is 17.3 Å². The third kappa shape index (κ3) is 5.61. The van der Waals surface area contributed by atoms with Crippen LogP contribution in [0.25, 0.3) is 21.5 Å². The molecule has 0 radical (unpaired) electrons. The van der Waals surface area contributed by atoms with Gasteiger partial charge >= 0.3 is 6.01 Å². The van der Waals surface area contributed by atoms with Gasteiger partial charge in [0.15, 0.2) is 5.13 Å². The van der Waals surface area contributed by atoms with E-state index in [0.29, 0.717) is 17.7 Å². The Kier molecular flexibility index (Phi) is 7.45. The van der Waals surface area contributed by atoms with Crippen LogP contribution in [-0.2, 0) is 11.2 Å². The number of carbonyl (C=O) groups excluding carboxylic acids is 1. The molecule has 0 bridgehead atoms. The van der Waals surface area contributed by atoms with Gasteiger partial charge in [-0.3, -0.25) is 4.79 Å². The summed E-state index contributed by atoms with van der Waals surface area (Å²) in [5.41, 5.74) is 3.78. The van der Waals surface area contributed by atoms with E-state index in [1.165, 1.54) is 23.8 Å². The number of fused-ring (bicyclic) bond motifs is 1. The fourth-order valence-corrected chi connectivity index (χ4v) is 3.72. The predicted octanol–water partition coefficient (Wildman–Crippen LogP) is 5.36. The van der Waals surface area contributed by atoms with Gasteiger partial charge in [-0.15, -0.1) is 0 Å². The summed E-state index contributed by atoms with van der Waals surface area (Å²) in [5.74, 6) is -0.132. The number of thiazole rings is 1. The number of ether oxygens (including phenoxy) is 1. The maximum Gasteiger partial charge on any atom is 0.316 e. The van der Waals surface area contributed by atoms with Crippen molar-refractivity contribution in [2.75, 3.05) is 11.9 Å². The summed E-state index contributed by atoms with van der Waals surface area (Å²) in [5, 5.41) is 3.31. The largest absolute Gasteiger partial charge is 0.463 e. The summed E-state index contributed by atoms with van der Waals surface area (Å²) >= 11 is 1.43. The molecule has 0 aliphatic rings. The van der Waals surface area contributed by atoms with Crippen molar-refractivity contribution in [2.24, 2.45) is 0 Å². The molecule has 1 N–H and O–H groups in total. The van der Waals surface area contributed by atoms with E-state index in [-0.39, 0.29) is 5.91 Å². The number of benzene rings is 2. The molecular weight excluding hydrogens is 396 g/mol. The quantitative estimate of drug-likeness (QED) is 0.454. The van der Waals surface area contributed by atoms with E-state index < -0.39 is 0 Å². The third-order valence-corrected chi connectivity index (χ3v) is 5.00. The zero-order chi connectivity index (χ0) is 21.3. The molecule has 0 aliphatic carbocycles. The Morgan fingerprint density at radius 1 is 1.07 bits per heavy atom. The van der Waals surface area contributed by atoms with Crippen LogP contribution in [0.3, 0.4) is 0 Å². The van der Waals surface area contributed by atoms with Crippen LogP contribution >= 0.6 is 11.3 Å². The van der Waals surface area contributed by atoms with E-state index in [0.717, 1.165) is 27.9 Å². The second-order valence-corrected chi connectivity index (χ2v) is 7.22. The minimum atomic E-state index is -0.132. The van der Waals surface area contributed by atoms with Gasteiger partial charge in [-0.2, -0.15) is 4.98 Å². The summed E-state index contributed by atoms with van der Waals surface area (Å²) < 4.78 is 6.71. The van der Waals surface area contributed by atoms with Crippen LogP contribution < -0.4 is 10.1 Å². The molecule has 7 heteroatoms. The van der Waals surface area contributed by atoms with Gasteiger partial charge in [-0.1, -0.05) is 61.6 Å². The van der Waals surface area contributed by atoms with Gasteiger partial charge < -0.3 is 10.1 Å². The average molecular weight is 421 g/mol. The molecule has 6 nitrogen and oxygen atoms in total. The van der Waals surface area contributed by atoms with Gasteiger partial charge in [0.25, 0.3) is 0 Å². The smallest absolute Gasteiger partial charge is 0.316 e. The first-order valence-electron chi connectivity index (χ1n) is 9.86. The second kappa shape index (κ2) is 10.5. The molecule has 0 fully saturated rings. The maximum atomic E-state index is 11.2. The van der Waals surface area contributed by atoms with Crippen LogP contribution in [0.1, 0.15) is 26.3 Å². The lowest BCUT2D eigenvalue weighted by molar-refractivity contribution is -0.114. The Labute approximate surface area is 180 Å². The Balaban J connectivity index is 0.00000124. The molecule has 0 aliphatic heterocycles. The van der Waals surface area contributed by atoms with Crippen LogP contribution in [0.2, 0.25) is 0 Å². The van der Waals surface area contributed by atoms with E-state index in [2.05, 4.69) is 32.4 Å². The molecule has 4 rings (SSSR count). The lowest BCUT2D eigenvalue weighted by Gasteiger charge is -2.06. The lowest BCUT2D eigenvalue weighted by Crippen LogP contribution is -2.04. The minimum Gasteiger partial charge on any atom is -0.463 e. The summed E-state index contributed by atoms with van der Waals surface area (Å²) in [7, 11) is 0. The maximum absolute atomic E-state index is 11.2. The van der Waals surface area contributed by atoms with Gasteiger partial charge in [-0.05, 0) is 23.8 Å². The lowest BCUT2D eigenvalue weighted by atomic mass is 10.1. The number of hydrogen-bond acceptors (Lipinski definition) is 6. The van der Waals surface area contributed by atoms with Crippen molar-refractivity contribution in [2.45, 2.75) is 27.2 Å². The monoisotopic (exact) mass is 420 g/mol. The first kappa shape index (κ1) is 21.4. The standard InChI is InChI=1S/C21H18N4O2S.C2H6/c1-14(26)23-21-25-18-8-7-16(13-19(18)28-21)17-9-11-22-20(24-17)27-12-10-15-5-3-2-4-6-15;1-2/h2-9,11,13H,10,12H2,1H3,(H,23,25,26);1-2H3. The third-order valence-electron chi connectivity index (χ3n) is 4.07. The number of amides is 1. The zero-order valence-electron chi connectivity index (χ0n) is 17.3. The van der Waals surface area contributed by atoms with E-state index in [9.17, 15) is 4.79 Å². The molecule has 4 aromatic rings. The van der Waals surface area contributed by atoms with Crippen LogP contribution in [0.5, 0.6) is 6.01 Å². The Bertz CT molecular complexity index is 1110. The van der Waals surface area contributed by atoms with Crippen LogP contribution in [0.15, 0.2) is 60.8 Å². The number of nitrogens with zero attached hydrogens (tertiary/aromatic N) is 3. The molecule has 30 heavy (non-hydrogen) atoms. The van der Waals surface area contributed by atoms with Gasteiger partial charge in [0.2, 0.25) is 5.91 Å². The molecule has 2 heterocycles. The highest BCUT2D eigenvalue weighted by Gasteiger charge is 2.09. The molecule has 2 aromatic carbocycles. The van der Waals surface area contributed by atoms with Crippen LogP contribution in [-0.4, -0.2) is 27.5 Å². The SMILES string of the molecule is CC.CC(=O)Nc1nc2ccc(-c3ccnc(OCCc4ccccc4)n3)cc2s1. The van der Waals surface area contributed by atoms with E-state index in [1.54, 1.807) is 6.20 Å². The Hall–Kier alpha value is -3.32. The van der Waals surface area contributed by atoms with Crippen molar-refractivity contribution in [3.63, 3.8) is 0 Å². The van der Waals surface area contributed by atoms with E-state index in [4.69, 9.17) is 4.74 Å². The van der Waals surface area contributed by atoms with Crippen LogP contribution in [0, 0.1) is 0 Å². The normalized spacial score (nSPS) is 10.2. The second-order valence-electron chi connectivity index (χ2n) is 6.19. The minimum absolute atomic E-state index is 0.132. The number of hydrogen-bond donors (Lipinski definition) is 1. The number of aromatic nitrogens is 3. The molecular formula is C23H24N4O2S. The van der Waals surface area contributed by atoms with Crippen LogP contribution in [0.4, 0.5) is 5.13 Å². The van der Waals surface area contributed by atoms with E-state index in [1.807, 2.05) is 56.3 Å². The van der Waals surface area contributed by atoms with Gasteiger partial charge in [0.1, 0.15) is 0 Å². The van der Waals surface area contributed by atoms with E-state index >= 15 is 0 Å². The van der Waals surface area contributed by atoms with Gasteiger partial charge in [0, 0.05) is 25.1 Å². The number of nitrogens with one attached hydrogen (secondary N) is 1. The first-order chi connectivity index (χ1) is 14.7. The molecule has 154 valence electrons. The highest BCUT2D eigenvalue weighted by Crippen LogP contribution is 2.30. The van der Waals surface area contributed by atoms with Crippen molar-refractivity contribution >= 4 is 32.6 Å². The highest BCUT2D eigenvalue weighted by atomic mass is 32.1. The average Bonchev–Trinajstić information content (AvgIpc) is 3.17. The first-order valence-corrected chi connectivity index (χ1v) is 10.7. The molecule has 0 saturated heterocycles. The summed E-state index contributed by atoms with van der Waals surface area (Å²) in [6, 6.07) is 18.3. The number of rotatable bonds is 6. The molecule has 2 aromatic heterocycles. The summed E-state index contributed by atoms with van der Waals surface area (Å²) in [6.07, 6.45) is 2.49. The highest BCUT2D eigenvalue weighted by molar-refractivity contribution is 7.22. The Morgan fingerprint density at radius 2 is 1.87 bits per heavy atom. The van der Waals surface area contributed by atoms with Gasteiger partial charge in [-0.25, -0.2) is 9.97 Å². The number of carbonyl (C=O) groups is 1. The van der Waals surface area contributed by atoms with Gasteiger partial charge in [0.05, 0.1) is 22.5 Å². The topological polar surface area (TPSA) is 77.0 Å². The van der Waals surface area contributed by atoms with Crippen molar-refractivity contribution in [1.29, 1.82) is 0 Å². The summed E-state index contributed by atoms with van der Waals surface area (Å²) in [4.78, 5) is 24.3. The zero-order valence-corrected chi connectivity index (χ0v) is 18.1. The molecule has 0 saturated carbocycles. The Morgan fingerprint density at radius 3 is 2.63 bits per heavy atom. The van der Waals surface area contributed by atoms with Crippen molar-refractivity contribution in [3.05, 3.63) is 66.4 Å². The fraction of sp³-hybridized carbons (Fsp3) is 0.217. The molecule has 0 unspecified atom stereocenters.